The van der Waals surface area contributed by atoms with Crippen LogP contribution >= 0.6 is 0 Å². The molecule has 3 atom stereocenters. The predicted molar refractivity (Wildman–Crippen MR) is 70.0 cm³/mol. The number of benzene rings is 1. The summed E-state index contributed by atoms with van der Waals surface area (Å²) in [7, 11) is 0. The highest BCUT2D eigenvalue weighted by Crippen LogP contribution is 2.14. The van der Waals surface area contributed by atoms with Gasteiger partial charge in [0.25, 0.3) is 5.91 Å². The Morgan fingerprint density at radius 1 is 1.44 bits per heavy atom. The quantitative estimate of drug-likeness (QED) is 0.747. The maximum absolute atomic E-state index is 12.0. The van der Waals surface area contributed by atoms with Gasteiger partial charge in [-0.1, -0.05) is 30.3 Å². The highest BCUT2D eigenvalue weighted by molar-refractivity contribution is 5.82. The van der Waals surface area contributed by atoms with Crippen LogP contribution in [-0.2, 0) is 4.79 Å². The van der Waals surface area contributed by atoms with E-state index in [1.54, 1.807) is 12.1 Å². The molecule has 1 amide bonds. The zero-order valence-corrected chi connectivity index (χ0v) is 10.6. The van der Waals surface area contributed by atoms with Gasteiger partial charge in [0.2, 0.25) is 0 Å². The Labute approximate surface area is 107 Å². The number of amides is 1. The lowest BCUT2D eigenvalue weighted by molar-refractivity contribution is -0.130. The summed E-state index contributed by atoms with van der Waals surface area (Å²) in [4.78, 5) is 12.0. The van der Waals surface area contributed by atoms with Crippen LogP contribution in [0.25, 0.3) is 0 Å². The summed E-state index contributed by atoms with van der Waals surface area (Å²) in [6.07, 6.45) is 0.929. The minimum atomic E-state index is -1.08. The molecule has 1 fully saturated rings. The zero-order valence-electron chi connectivity index (χ0n) is 10.6. The number of hydrogen-bond donors (Lipinski definition) is 3. The lowest BCUT2D eigenvalue weighted by atomic mass is 9.99. The molecule has 1 aliphatic heterocycles. The lowest BCUT2D eigenvalue weighted by Gasteiger charge is -2.31. The molecule has 2 rings (SSSR count). The average molecular weight is 248 g/mol. The maximum Gasteiger partial charge on any atom is 0.253 e. The number of rotatable bonds is 3. The van der Waals surface area contributed by atoms with Gasteiger partial charge in [-0.2, -0.15) is 0 Å². The van der Waals surface area contributed by atoms with Crippen LogP contribution in [0, 0.1) is 0 Å². The Balaban J connectivity index is 1.95. The molecule has 18 heavy (non-hydrogen) atoms. The van der Waals surface area contributed by atoms with Crippen molar-refractivity contribution in [2.24, 2.45) is 0 Å². The van der Waals surface area contributed by atoms with Gasteiger partial charge in [-0.15, -0.1) is 0 Å². The van der Waals surface area contributed by atoms with Crippen LogP contribution in [0.3, 0.4) is 0 Å². The second kappa shape index (κ2) is 5.98. The van der Waals surface area contributed by atoms with Gasteiger partial charge < -0.3 is 15.7 Å². The second-order valence-electron chi connectivity index (χ2n) is 4.81. The van der Waals surface area contributed by atoms with E-state index in [4.69, 9.17) is 0 Å². The lowest BCUT2D eigenvalue weighted by Crippen LogP contribution is -2.52. The number of carbonyl (C=O) groups is 1. The Morgan fingerprint density at radius 2 is 2.17 bits per heavy atom. The molecule has 3 N–H and O–H groups in total. The van der Waals surface area contributed by atoms with Crippen molar-refractivity contribution in [3.63, 3.8) is 0 Å². The Bertz CT molecular complexity index is 394. The molecule has 3 unspecified atom stereocenters. The third-order valence-corrected chi connectivity index (χ3v) is 3.45. The first-order valence-corrected chi connectivity index (χ1v) is 6.45. The van der Waals surface area contributed by atoms with E-state index < -0.39 is 6.10 Å². The fraction of sp³-hybridized carbons (Fsp3) is 0.500. The summed E-state index contributed by atoms with van der Waals surface area (Å²) in [5, 5.41) is 16.2. The fourth-order valence-electron chi connectivity index (χ4n) is 2.29. The number of nitrogens with one attached hydrogen (secondary N) is 2. The van der Waals surface area contributed by atoms with Crippen LogP contribution in [0.4, 0.5) is 0 Å². The van der Waals surface area contributed by atoms with E-state index in [0.29, 0.717) is 5.56 Å². The van der Waals surface area contributed by atoms with E-state index in [1.807, 2.05) is 18.2 Å². The van der Waals surface area contributed by atoms with Crippen LogP contribution < -0.4 is 10.6 Å². The summed E-state index contributed by atoms with van der Waals surface area (Å²) < 4.78 is 0. The van der Waals surface area contributed by atoms with Crippen LogP contribution in [0.15, 0.2) is 30.3 Å². The largest absolute Gasteiger partial charge is 0.378 e. The molecule has 0 spiro atoms. The molecule has 1 aliphatic rings. The number of piperidine rings is 1. The summed E-state index contributed by atoms with van der Waals surface area (Å²) in [6, 6.07) is 9.36. The van der Waals surface area contributed by atoms with Crippen molar-refractivity contribution in [3.8, 4) is 0 Å². The van der Waals surface area contributed by atoms with Gasteiger partial charge in [-0.3, -0.25) is 4.79 Å². The van der Waals surface area contributed by atoms with E-state index in [1.165, 1.54) is 0 Å². The molecule has 0 aliphatic carbocycles. The molecule has 1 aromatic rings. The van der Waals surface area contributed by atoms with Crippen LogP contribution in [0.2, 0.25) is 0 Å². The van der Waals surface area contributed by atoms with Gasteiger partial charge in [0, 0.05) is 12.1 Å². The first kappa shape index (κ1) is 13.1. The molecule has 1 heterocycles. The first-order chi connectivity index (χ1) is 8.68. The van der Waals surface area contributed by atoms with Crippen molar-refractivity contribution >= 4 is 5.91 Å². The third kappa shape index (κ3) is 3.09. The highest BCUT2D eigenvalue weighted by atomic mass is 16.3. The summed E-state index contributed by atoms with van der Waals surface area (Å²) in [5.74, 6) is -0.318. The van der Waals surface area contributed by atoms with Crippen molar-refractivity contribution < 1.29 is 9.90 Å². The molecule has 1 aromatic carbocycles. The monoisotopic (exact) mass is 248 g/mol. The van der Waals surface area contributed by atoms with Gasteiger partial charge in [0.15, 0.2) is 6.10 Å². The van der Waals surface area contributed by atoms with Crippen molar-refractivity contribution in [2.75, 3.05) is 6.54 Å². The van der Waals surface area contributed by atoms with Crippen molar-refractivity contribution in [1.29, 1.82) is 0 Å². The number of aliphatic hydroxyl groups is 1. The number of hydrogen-bond acceptors (Lipinski definition) is 3. The molecule has 1 saturated heterocycles. The molecule has 0 saturated carbocycles. The molecule has 98 valence electrons. The summed E-state index contributed by atoms with van der Waals surface area (Å²) >= 11 is 0. The Hall–Kier alpha value is -1.39. The maximum atomic E-state index is 12.0. The molecule has 0 radical (unpaired) electrons. The minimum absolute atomic E-state index is 0.101. The number of aliphatic hydroxyl groups excluding tert-OH is 1. The van der Waals surface area contributed by atoms with E-state index >= 15 is 0 Å². The van der Waals surface area contributed by atoms with Gasteiger partial charge in [0.05, 0.1) is 0 Å². The molecular weight excluding hydrogens is 228 g/mol. The average Bonchev–Trinajstić information content (AvgIpc) is 2.41. The Kier molecular flexibility index (Phi) is 4.33. The van der Waals surface area contributed by atoms with E-state index in [0.717, 1.165) is 19.4 Å². The van der Waals surface area contributed by atoms with Gasteiger partial charge in [-0.25, -0.2) is 0 Å². The molecule has 0 aromatic heterocycles. The third-order valence-electron chi connectivity index (χ3n) is 3.45. The van der Waals surface area contributed by atoms with Crippen molar-refractivity contribution in [2.45, 2.75) is 38.0 Å². The van der Waals surface area contributed by atoms with Crippen LogP contribution in [-0.4, -0.2) is 29.6 Å². The molecule has 0 bridgehead atoms. The van der Waals surface area contributed by atoms with E-state index in [9.17, 15) is 9.90 Å². The van der Waals surface area contributed by atoms with Crippen molar-refractivity contribution in [1.82, 2.24) is 10.6 Å². The fourth-order valence-corrected chi connectivity index (χ4v) is 2.29. The van der Waals surface area contributed by atoms with Crippen LogP contribution in [0.1, 0.15) is 31.4 Å². The van der Waals surface area contributed by atoms with Gasteiger partial charge in [-0.05, 0) is 31.9 Å². The summed E-state index contributed by atoms with van der Waals surface area (Å²) in [5.41, 5.74) is 0.631. The van der Waals surface area contributed by atoms with Gasteiger partial charge >= 0.3 is 0 Å². The normalized spacial score (nSPS) is 25.4. The molecular formula is C14H20N2O2. The molecule has 4 heteroatoms. The minimum Gasteiger partial charge on any atom is -0.378 e. The van der Waals surface area contributed by atoms with Crippen molar-refractivity contribution in [3.05, 3.63) is 35.9 Å². The number of carbonyl (C=O) groups excluding carboxylic acids is 1. The standard InChI is InChI=1S/C14H20N2O2/c1-10-12(8-5-9-15-10)16-14(18)13(17)11-6-3-2-4-7-11/h2-4,6-7,10,12-13,15,17H,5,8-9H2,1H3,(H,16,18). The predicted octanol–water partition coefficient (Wildman–Crippen LogP) is 0.977. The van der Waals surface area contributed by atoms with Crippen LogP contribution in [0.5, 0.6) is 0 Å². The highest BCUT2D eigenvalue weighted by Gasteiger charge is 2.25. The van der Waals surface area contributed by atoms with E-state index in [2.05, 4.69) is 17.6 Å². The summed E-state index contributed by atoms with van der Waals surface area (Å²) in [6.45, 7) is 3.05. The second-order valence-corrected chi connectivity index (χ2v) is 4.81. The topological polar surface area (TPSA) is 61.4 Å². The van der Waals surface area contributed by atoms with Gasteiger partial charge in [0.1, 0.15) is 0 Å². The van der Waals surface area contributed by atoms with E-state index in [-0.39, 0.29) is 18.0 Å². The molecule has 4 nitrogen and oxygen atoms in total. The smallest absolute Gasteiger partial charge is 0.253 e. The zero-order chi connectivity index (χ0) is 13.0. The Morgan fingerprint density at radius 3 is 2.83 bits per heavy atom. The first-order valence-electron chi connectivity index (χ1n) is 6.45. The SMILES string of the molecule is CC1NCCCC1NC(=O)C(O)c1ccccc1.